The highest BCUT2D eigenvalue weighted by Crippen LogP contribution is 2.17. The summed E-state index contributed by atoms with van der Waals surface area (Å²) in [6, 6.07) is 1.68. The van der Waals surface area contributed by atoms with Gasteiger partial charge in [-0.2, -0.15) is 0 Å². The SMILES string of the molecule is Cc1cc(C(=O)N2CCN(Cc3c(C)noc3C)CC2)no1. The minimum atomic E-state index is -0.0613. The van der Waals surface area contributed by atoms with Crippen molar-refractivity contribution in [1.29, 1.82) is 0 Å². The van der Waals surface area contributed by atoms with Crippen LogP contribution >= 0.6 is 0 Å². The van der Waals surface area contributed by atoms with Gasteiger partial charge in [-0.1, -0.05) is 10.3 Å². The largest absolute Gasteiger partial charge is 0.361 e. The summed E-state index contributed by atoms with van der Waals surface area (Å²) in [7, 11) is 0. The lowest BCUT2D eigenvalue weighted by Crippen LogP contribution is -2.48. The zero-order valence-corrected chi connectivity index (χ0v) is 13.1. The number of amides is 1. The molecule has 0 aromatic carbocycles. The summed E-state index contributed by atoms with van der Waals surface area (Å²) in [5.74, 6) is 1.46. The van der Waals surface area contributed by atoms with Crippen LogP contribution < -0.4 is 0 Å². The van der Waals surface area contributed by atoms with Crippen LogP contribution in [0.5, 0.6) is 0 Å². The molecule has 118 valence electrons. The van der Waals surface area contributed by atoms with Gasteiger partial charge in [0.05, 0.1) is 5.69 Å². The molecule has 0 spiro atoms. The van der Waals surface area contributed by atoms with Crippen LogP contribution in [0.2, 0.25) is 0 Å². The molecule has 7 heteroatoms. The molecule has 2 aromatic heterocycles. The maximum absolute atomic E-state index is 12.3. The standard InChI is InChI=1S/C15H20N4O3/c1-10-8-14(17-21-10)15(20)19-6-4-18(5-7-19)9-13-11(2)16-22-12(13)3/h8H,4-7,9H2,1-3H3. The molecule has 7 nitrogen and oxygen atoms in total. The van der Waals surface area contributed by atoms with E-state index in [-0.39, 0.29) is 5.91 Å². The van der Waals surface area contributed by atoms with Crippen molar-refractivity contribution in [1.82, 2.24) is 20.1 Å². The molecule has 1 aliphatic heterocycles. The van der Waals surface area contributed by atoms with Crippen LogP contribution in [0.3, 0.4) is 0 Å². The van der Waals surface area contributed by atoms with E-state index < -0.39 is 0 Å². The fourth-order valence-corrected chi connectivity index (χ4v) is 2.69. The summed E-state index contributed by atoms with van der Waals surface area (Å²) in [6.07, 6.45) is 0. The Morgan fingerprint density at radius 2 is 1.86 bits per heavy atom. The van der Waals surface area contributed by atoms with E-state index in [1.54, 1.807) is 13.0 Å². The number of aromatic nitrogens is 2. The van der Waals surface area contributed by atoms with Crippen molar-refractivity contribution in [3.05, 3.63) is 34.5 Å². The fourth-order valence-electron chi connectivity index (χ4n) is 2.69. The van der Waals surface area contributed by atoms with Gasteiger partial charge in [-0.05, 0) is 20.8 Å². The minimum Gasteiger partial charge on any atom is -0.361 e. The second-order valence-corrected chi connectivity index (χ2v) is 5.69. The first kappa shape index (κ1) is 14.8. The van der Waals surface area contributed by atoms with Crippen LogP contribution in [0.25, 0.3) is 0 Å². The molecule has 2 aromatic rings. The van der Waals surface area contributed by atoms with Crippen LogP contribution in [0.1, 0.15) is 33.3 Å². The zero-order chi connectivity index (χ0) is 15.7. The van der Waals surface area contributed by atoms with E-state index in [1.165, 1.54) is 0 Å². The lowest BCUT2D eigenvalue weighted by atomic mass is 10.1. The third-order valence-corrected chi connectivity index (χ3v) is 4.07. The third kappa shape index (κ3) is 2.89. The van der Waals surface area contributed by atoms with E-state index in [0.717, 1.165) is 36.7 Å². The monoisotopic (exact) mass is 304 g/mol. The number of piperazine rings is 1. The Labute approximate surface area is 128 Å². The summed E-state index contributed by atoms with van der Waals surface area (Å²) in [6.45, 7) is 9.51. The van der Waals surface area contributed by atoms with Gasteiger partial charge in [0.2, 0.25) is 0 Å². The second kappa shape index (κ2) is 5.92. The van der Waals surface area contributed by atoms with Crippen molar-refractivity contribution < 1.29 is 13.8 Å². The van der Waals surface area contributed by atoms with Crippen LogP contribution in [-0.4, -0.2) is 52.2 Å². The topological polar surface area (TPSA) is 75.6 Å². The predicted molar refractivity (Wildman–Crippen MR) is 78.4 cm³/mol. The van der Waals surface area contributed by atoms with Crippen LogP contribution in [-0.2, 0) is 6.54 Å². The van der Waals surface area contributed by atoms with E-state index in [2.05, 4.69) is 15.2 Å². The molecule has 1 aliphatic rings. The normalized spacial score (nSPS) is 16.2. The predicted octanol–water partition coefficient (Wildman–Crippen LogP) is 1.55. The van der Waals surface area contributed by atoms with Crippen LogP contribution in [0, 0.1) is 20.8 Å². The number of nitrogens with zero attached hydrogens (tertiary/aromatic N) is 4. The van der Waals surface area contributed by atoms with Gasteiger partial charge in [0.25, 0.3) is 5.91 Å². The van der Waals surface area contributed by atoms with Crippen LogP contribution in [0.15, 0.2) is 15.1 Å². The molecule has 0 unspecified atom stereocenters. The van der Waals surface area contributed by atoms with Crippen molar-refractivity contribution in [3.63, 3.8) is 0 Å². The van der Waals surface area contributed by atoms with E-state index in [0.29, 0.717) is 24.5 Å². The first-order valence-corrected chi connectivity index (χ1v) is 7.41. The highest BCUT2D eigenvalue weighted by molar-refractivity contribution is 5.92. The first-order chi connectivity index (χ1) is 10.5. The van der Waals surface area contributed by atoms with Crippen molar-refractivity contribution >= 4 is 5.91 Å². The Hall–Kier alpha value is -2.15. The Morgan fingerprint density at radius 3 is 2.41 bits per heavy atom. The quantitative estimate of drug-likeness (QED) is 0.856. The summed E-state index contributed by atoms with van der Waals surface area (Å²) in [5.41, 5.74) is 2.47. The minimum absolute atomic E-state index is 0.0613. The molecule has 1 fully saturated rings. The molecule has 0 atom stereocenters. The molecular formula is C15H20N4O3. The average molecular weight is 304 g/mol. The number of rotatable bonds is 3. The molecule has 1 saturated heterocycles. The lowest BCUT2D eigenvalue weighted by molar-refractivity contribution is 0.0617. The Balaban J connectivity index is 1.57. The third-order valence-electron chi connectivity index (χ3n) is 4.07. The number of hydrogen-bond donors (Lipinski definition) is 0. The maximum atomic E-state index is 12.3. The summed E-state index contributed by atoms with van der Waals surface area (Å²) >= 11 is 0. The molecule has 0 radical (unpaired) electrons. The average Bonchev–Trinajstić information content (AvgIpc) is 3.08. The first-order valence-electron chi connectivity index (χ1n) is 7.41. The molecule has 0 aliphatic carbocycles. The van der Waals surface area contributed by atoms with Crippen molar-refractivity contribution in [2.45, 2.75) is 27.3 Å². The summed E-state index contributed by atoms with van der Waals surface area (Å²) < 4.78 is 10.2. The second-order valence-electron chi connectivity index (χ2n) is 5.69. The molecule has 0 bridgehead atoms. The fraction of sp³-hybridized carbons (Fsp3) is 0.533. The van der Waals surface area contributed by atoms with Crippen molar-refractivity contribution in [2.75, 3.05) is 26.2 Å². The number of hydrogen-bond acceptors (Lipinski definition) is 6. The van der Waals surface area contributed by atoms with Gasteiger partial charge in [0.15, 0.2) is 5.69 Å². The van der Waals surface area contributed by atoms with Gasteiger partial charge in [-0.15, -0.1) is 0 Å². The van der Waals surface area contributed by atoms with E-state index in [4.69, 9.17) is 9.05 Å². The van der Waals surface area contributed by atoms with Gasteiger partial charge in [-0.3, -0.25) is 9.69 Å². The Kier molecular flexibility index (Phi) is 3.98. The summed E-state index contributed by atoms with van der Waals surface area (Å²) in [5, 5.41) is 7.78. The van der Waals surface area contributed by atoms with Gasteiger partial charge >= 0.3 is 0 Å². The van der Waals surface area contributed by atoms with Gasteiger partial charge < -0.3 is 13.9 Å². The van der Waals surface area contributed by atoms with E-state index in [9.17, 15) is 4.79 Å². The summed E-state index contributed by atoms with van der Waals surface area (Å²) in [4.78, 5) is 16.4. The van der Waals surface area contributed by atoms with Crippen LogP contribution in [0.4, 0.5) is 0 Å². The number of aryl methyl sites for hydroxylation is 3. The molecule has 0 saturated carbocycles. The molecule has 1 amide bonds. The van der Waals surface area contributed by atoms with Gasteiger partial charge in [0, 0.05) is 44.4 Å². The highest BCUT2D eigenvalue weighted by atomic mass is 16.5. The molecule has 3 rings (SSSR count). The zero-order valence-electron chi connectivity index (χ0n) is 13.1. The van der Waals surface area contributed by atoms with Gasteiger partial charge in [0.1, 0.15) is 11.5 Å². The maximum Gasteiger partial charge on any atom is 0.276 e. The number of carbonyl (C=O) groups excluding carboxylic acids is 1. The van der Waals surface area contributed by atoms with E-state index in [1.807, 2.05) is 18.7 Å². The van der Waals surface area contributed by atoms with Gasteiger partial charge in [-0.25, -0.2) is 0 Å². The Bertz CT molecular complexity index is 649. The molecule has 22 heavy (non-hydrogen) atoms. The molecule has 3 heterocycles. The van der Waals surface area contributed by atoms with Crippen molar-refractivity contribution in [3.8, 4) is 0 Å². The highest BCUT2D eigenvalue weighted by Gasteiger charge is 2.25. The van der Waals surface area contributed by atoms with E-state index >= 15 is 0 Å². The lowest BCUT2D eigenvalue weighted by Gasteiger charge is -2.34. The molecular weight excluding hydrogens is 284 g/mol. The number of carbonyl (C=O) groups is 1. The Morgan fingerprint density at radius 1 is 1.14 bits per heavy atom. The van der Waals surface area contributed by atoms with Crippen molar-refractivity contribution in [2.24, 2.45) is 0 Å². The molecule has 0 N–H and O–H groups in total. The smallest absolute Gasteiger partial charge is 0.276 e.